The Bertz CT molecular complexity index is 1200. The van der Waals surface area contributed by atoms with Crippen molar-refractivity contribution in [3.05, 3.63) is 80.5 Å². The van der Waals surface area contributed by atoms with Gasteiger partial charge in [-0.15, -0.1) is 16.8 Å². The molecule has 0 aliphatic carbocycles. The van der Waals surface area contributed by atoms with E-state index in [1.54, 1.807) is 36.4 Å². The molecule has 2 amide bonds. The zero-order valence-electron chi connectivity index (χ0n) is 17.7. The number of carbonyl (C=O) groups is 2. The molecule has 0 saturated carbocycles. The van der Waals surface area contributed by atoms with Crippen molar-refractivity contribution in [2.75, 3.05) is 17.6 Å². The van der Waals surface area contributed by atoms with Gasteiger partial charge in [-0.05, 0) is 36.4 Å². The van der Waals surface area contributed by atoms with Crippen molar-refractivity contribution < 1.29 is 9.59 Å². The Labute approximate surface area is 220 Å². The quantitative estimate of drug-likeness (QED) is 0.243. The minimum absolute atomic E-state index is 0.105. The molecule has 3 rings (SSSR count). The third-order valence-electron chi connectivity index (χ3n) is 4.40. The first-order valence-corrected chi connectivity index (χ1v) is 12.4. The van der Waals surface area contributed by atoms with Gasteiger partial charge in [-0.25, -0.2) is 0 Å². The van der Waals surface area contributed by atoms with E-state index in [1.807, 2.05) is 4.57 Å². The van der Waals surface area contributed by atoms with Gasteiger partial charge in [0.1, 0.15) is 5.82 Å². The van der Waals surface area contributed by atoms with Gasteiger partial charge in [0.25, 0.3) is 5.91 Å². The molecule has 0 bridgehead atoms. The number of anilines is 1. The normalized spacial score (nSPS) is 10.7. The summed E-state index contributed by atoms with van der Waals surface area (Å²) >= 11 is 25.0. The summed E-state index contributed by atoms with van der Waals surface area (Å²) in [4.78, 5) is 24.7. The molecule has 0 saturated heterocycles. The minimum atomic E-state index is -0.277. The minimum Gasteiger partial charge on any atom is -0.352 e. The first kappa shape index (κ1) is 26.4. The molecular weight excluding hydrogens is 540 g/mol. The van der Waals surface area contributed by atoms with Crippen LogP contribution in [0.1, 0.15) is 16.2 Å². The SMILES string of the molecule is C=CCn1c(CCNC(=O)c2ccc(Cl)c(Cl)c2)nnc1SCC(=O)Nc1cc(Cl)cc(Cl)c1. The maximum atomic E-state index is 12.4. The maximum Gasteiger partial charge on any atom is 0.251 e. The summed E-state index contributed by atoms with van der Waals surface area (Å²) in [5.74, 6) is 0.236. The van der Waals surface area contributed by atoms with Gasteiger partial charge < -0.3 is 15.2 Å². The van der Waals surface area contributed by atoms with Crippen LogP contribution in [0.5, 0.6) is 0 Å². The Morgan fingerprint density at radius 3 is 2.44 bits per heavy atom. The Balaban J connectivity index is 1.56. The molecule has 0 fully saturated rings. The fraction of sp³-hybridized carbons (Fsp3) is 0.182. The highest BCUT2D eigenvalue weighted by molar-refractivity contribution is 7.99. The van der Waals surface area contributed by atoms with Crippen molar-refractivity contribution in [1.82, 2.24) is 20.1 Å². The Kier molecular flexibility index (Phi) is 9.67. The van der Waals surface area contributed by atoms with Crippen LogP contribution >= 0.6 is 58.2 Å². The van der Waals surface area contributed by atoms with Gasteiger partial charge in [-0.2, -0.15) is 0 Å². The Hall–Kier alpha value is -2.23. The van der Waals surface area contributed by atoms with Crippen LogP contribution in [-0.2, 0) is 17.8 Å². The molecule has 0 spiro atoms. The van der Waals surface area contributed by atoms with E-state index >= 15 is 0 Å². The van der Waals surface area contributed by atoms with Gasteiger partial charge in [0, 0.05) is 40.8 Å². The molecule has 7 nitrogen and oxygen atoms in total. The van der Waals surface area contributed by atoms with Crippen LogP contribution < -0.4 is 10.6 Å². The van der Waals surface area contributed by atoms with Crippen LogP contribution in [0.15, 0.2) is 54.2 Å². The number of nitrogens with zero attached hydrogens (tertiary/aromatic N) is 3. The summed E-state index contributed by atoms with van der Waals surface area (Å²) in [6.45, 7) is 4.55. The molecular formula is C22H19Cl4N5O2S. The van der Waals surface area contributed by atoms with Gasteiger partial charge in [-0.3, -0.25) is 9.59 Å². The average Bonchev–Trinajstić information content (AvgIpc) is 3.15. The molecule has 0 unspecified atom stereocenters. The highest BCUT2D eigenvalue weighted by Crippen LogP contribution is 2.24. The van der Waals surface area contributed by atoms with Crippen LogP contribution in [0, 0.1) is 0 Å². The Morgan fingerprint density at radius 2 is 1.76 bits per heavy atom. The highest BCUT2D eigenvalue weighted by Gasteiger charge is 2.15. The highest BCUT2D eigenvalue weighted by atomic mass is 35.5. The summed E-state index contributed by atoms with van der Waals surface area (Å²) in [5, 5.41) is 16.1. The molecule has 34 heavy (non-hydrogen) atoms. The molecule has 178 valence electrons. The molecule has 2 aromatic carbocycles. The zero-order valence-corrected chi connectivity index (χ0v) is 21.5. The average molecular weight is 559 g/mol. The number of amides is 2. The largest absolute Gasteiger partial charge is 0.352 e. The van der Waals surface area contributed by atoms with E-state index in [0.717, 1.165) is 0 Å². The van der Waals surface area contributed by atoms with Crippen molar-refractivity contribution >= 4 is 75.7 Å². The standard InChI is InChI=1S/C22H19Cl4N5O2S/c1-2-7-31-19(5-6-27-21(33)13-3-4-17(25)18(26)8-13)29-30-22(31)34-12-20(32)28-16-10-14(23)9-15(24)11-16/h2-4,8-11H,1,5-7,12H2,(H,27,33)(H,28,32). The van der Waals surface area contributed by atoms with Gasteiger partial charge in [0.2, 0.25) is 5.91 Å². The van der Waals surface area contributed by atoms with Crippen LogP contribution in [0.4, 0.5) is 5.69 Å². The molecule has 0 aliphatic rings. The number of nitrogens with one attached hydrogen (secondary N) is 2. The number of benzene rings is 2. The lowest BCUT2D eigenvalue weighted by molar-refractivity contribution is -0.113. The number of hydrogen-bond donors (Lipinski definition) is 2. The van der Waals surface area contributed by atoms with Gasteiger partial charge >= 0.3 is 0 Å². The first-order valence-electron chi connectivity index (χ1n) is 9.91. The lowest BCUT2D eigenvalue weighted by Crippen LogP contribution is -2.26. The van der Waals surface area contributed by atoms with Crippen molar-refractivity contribution in [2.24, 2.45) is 0 Å². The van der Waals surface area contributed by atoms with Gasteiger partial charge in [0.15, 0.2) is 5.16 Å². The predicted molar refractivity (Wildman–Crippen MR) is 139 cm³/mol. The maximum absolute atomic E-state index is 12.4. The summed E-state index contributed by atoms with van der Waals surface area (Å²) in [6.07, 6.45) is 2.14. The second kappa shape index (κ2) is 12.5. The molecule has 3 aromatic rings. The molecule has 0 aliphatic heterocycles. The van der Waals surface area contributed by atoms with E-state index < -0.39 is 0 Å². The number of allylic oxidation sites excluding steroid dienone is 1. The number of carbonyl (C=O) groups excluding carboxylic acids is 2. The smallest absolute Gasteiger partial charge is 0.251 e. The number of thioether (sulfide) groups is 1. The number of hydrogen-bond acceptors (Lipinski definition) is 5. The molecule has 2 N–H and O–H groups in total. The van der Waals surface area contributed by atoms with Gasteiger partial charge in [0.05, 0.1) is 15.8 Å². The number of aromatic nitrogens is 3. The van der Waals surface area contributed by atoms with Crippen molar-refractivity contribution in [3.63, 3.8) is 0 Å². The molecule has 1 heterocycles. The van der Waals surface area contributed by atoms with E-state index in [1.165, 1.54) is 17.8 Å². The van der Waals surface area contributed by atoms with Crippen LogP contribution in [0.25, 0.3) is 0 Å². The number of rotatable bonds is 10. The van der Waals surface area contributed by atoms with Crippen molar-refractivity contribution in [2.45, 2.75) is 18.1 Å². The van der Waals surface area contributed by atoms with Gasteiger partial charge in [-0.1, -0.05) is 64.2 Å². The fourth-order valence-electron chi connectivity index (χ4n) is 2.90. The zero-order chi connectivity index (χ0) is 24.7. The van der Waals surface area contributed by atoms with Crippen molar-refractivity contribution in [1.29, 1.82) is 0 Å². The second-order valence-corrected chi connectivity index (χ2v) is 9.56. The molecule has 0 atom stereocenters. The molecule has 1 aromatic heterocycles. The second-order valence-electron chi connectivity index (χ2n) is 6.93. The van der Waals surface area contributed by atoms with E-state index in [-0.39, 0.29) is 17.6 Å². The van der Waals surface area contributed by atoms with Crippen LogP contribution in [0.3, 0.4) is 0 Å². The third-order valence-corrected chi connectivity index (χ3v) is 6.54. The summed E-state index contributed by atoms with van der Waals surface area (Å²) in [5.41, 5.74) is 0.916. The first-order chi connectivity index (χ1) is 16.3. The monoisotopic (exact) mass is 557 g/mol. The van der Waals surface area contributed by atoms with Crippen LogP contribution in [-0.4, -0.2) is 38.9 Å². The lowest BCUT2D eigenvalue weighted by atomic mass is 10.2. The van der Waals surface area contributed by atoms with E-state index in [9.17, 15) is 9.59 Å². The topological polar surface area (TPSA) is 88.9 Å². The summed E-state index contributed by atoms with van der Waals surface area (Å²) in [7, 11) is 0. The van der Waals surface area contributed by atoms with Crippen molar-refractivity contribution in [3.8, 4) is 0 Å². The van der Waals surface area contributed by atoms with Crippen LogP contribution in [0.2, 0.25) is 20.1 Å². The molecule has 12 heteroatoms. The van der Waals surface area contributed by atoms with E-state index in [4.69, 9.17) is 46.4 Å². The van der Waals surface area contributed by atoms with E-state index in [2.05, 4.69) is 27.4 Å². The lowest BCUT2D eigenvalue weighted by Gasteiger charge is -2.09. The Morgan fingerprint density at radius 1 is 1.03 bits per heavy atom. The molecule has 0 radical (unpaired) electrons. The van der Waals surface area contributed by atoms with E-state index in [0.29, 0.717) is 61.8 Å². The summed E-state index contributed by atoms with van der Waals surface area (Å²) in [6, 6.07) is 9.48. The predicted octanol–water partition coefficient (Wildman–Crippen LogP) is 5.78. The fourth-order valence-corrected chi connectivity index (χ4v) is 4.49. The summed E-state index contributed by atoms with van der Waals surface area (Å²) < 4.78 is 1.84. The third kappa shape index (κ3) is 7.38. The number of halogens is 4.